The van der Waals surface area contributed by atoms with E-state index >= 15 is 0 Å². The van der Waals surface area contributed by atoms with E-state index < -0.39 is 19.7 Å². The highest BCUT2D eigenvalue weighted by molar-refractivity contribution is 7.91. The first-order valence-electron chi connectivity index (χ1n) is 13.9. The quantitative estimate of drug-likeness (QED) is 0.114. The largest absolute Gasteiger partial charge is 0.508 e. The summed E-state index contributed by atoms with van der Waals surface area (Å²) in [5, 5.41) is 9.37. The van der Waals surface area contributed by atoms with E-state index in [4.69, 9.17) is 23.7 Å². The first-order valence-corrected chi connectivity index (χ1v) is 16.9. The summed E-state index contributed by atoms with van der Waals surface area (Å²) in [6.07, 6.45) is 1.61. The molecule has 1 N–H and O–H groups in total. The molecule has 238 valence electrons. The molecule has 0 fully saturated rings. The van der Waals surface area contributed by atoms with Crippen LogP contribution in [0.15, 0.2) is 129 Å². The van der Waals surface area contributed by atoms with Crippen molar-refractivity contribution in [3.63, 3.8) is 0 Å². The van der Waals surface area contributed by atoms with Crippen LogP contribution in [0.25, 0.3) is 0 Å². The van der Waals surface area contributed by atoms with Gasteiger partial charge in [-0.25, -0.2) is 16.8 Å². The van der Waals surface area contributed by atoms with Crippen molar-refractivity contribution < 1.29 is 45.6 Å². The predicted molar refractivity (Wildman–Crippen MR) is 167 cm³/mol. The maximum absolute atomic E-state index is 12.9. The molecule has 12 heteroatoms. The number of hydrogen-bond donors (Lipinski definition) is 1. The summed E-state index contributed by atoms with van der Waals surface area (Å²) in [5.74, 6) is 1.58. The second-order valence-electron chi connectivity index (χ2n) is 9.44. The number of hydrogen-bond acceptors (Lipinski definition) is 10. The van der Waals surface area contributed by atoms with Crippen LogP contribution < -0.4 is 14.2 Å². The Morgan fingerprint density at radius 2 is 0.800 bits per heavy atom. The molecule has 0 spiro atoms. The highest BCUT2D eigenvalue weighted by Crippen LogP contribution is 2.26. The van der Waals surface area contributed by atoms with Crippen LogP contribution in [0.2, 0.25) is 0 Å². The van der Waals surface area contributed by atoms with E-state index in [-0.39, 0.29) is 38.5 Å². The molecule has 4 aromatic rings. The second kappa shape index (κ2) is 16.1. The fourth-order valence-corrected chi connectivity index (χ4v) is 6.48. The van der Waals surface area contributed by atoms with Gasteiger partial charge in [0, 0.05) is 0 Å². The molecule has 0 aliphatic rings. The first-order chi connectivity index (χ1) is 21.7. The zero-order valence-electron chi connectivity index (χ0n) is 24.4. The number of phenols is 1. The van der Waals surface area contributed by atoms with E-state index in [1.54, 1.807) is 42.5 Å². The van der Waals surface area contributed by atoms with Crippen molar-refractivity contribution in [3.05, 3.63) is 110 Å². The van der Waals surface area contributed by atoms with Gasteiger partial charge in [-0.15, -0.1) is 0 Å². The second-order valence-corrected chi connectivity index (χ2v) is 13.3. The molecule has 0 saturated carbocycles. The van der Waals surface area contributed by atoms with Gasteiger partial charge in [-0.2, -0.15) is 0 Å². The Morgan fingerprint density at radius 1 is 0.489 bits per heavy atom. The van der Waals surface area contributed by atoms with E-state index in [0.29, 0.717) is 50.3 Å². The number of ether oxygens (including phenoxy) is 5. The fourth-order valence-electron chi connectivity index (χ4n) is 3.96. The van der Waals surface area contributed by atoms with Gasteiger partial charge in [-0.05, 0) is 97.1 Å². The molecule has 0 saturated heterocycles. The molecule has 10 nitrogen and oxygen atoms in total. The summed E-state index contributed by atoms with van der Waals surface area (Å²) in [7, 11) is -7.37. The highest BCUT2D eigenvalue weighted by atomic mass is 32.2. The summed E-state index contributed by atoms with van der Waals surface area (Å²) in [6, 6.07) is 23.8. The molecular weight excluding hydrogens is 620 g/mol. The molecule has 0 amide bonds. The van der Waals surface area contributed by atoms with Crippen LogP contribution in [0.1, 0.15) is 0 Å². The van der Waals surface area contributed by atoms with Crippen molar-refractivity contribution in [2.45, 2.75) is 19.6 Å². The van der Waals surface area contributed by atoms with E-state index in [1.165, 1.54) is 60.7 Å². The van der Waals surface area contributed by atoms with Gasteiger partial charge in [0.2, 0.25) is 19.7 Å². The molecule has 4 rings (SSSR count). The number of rotatable bonds is 18. The van der Waals surface area contributed by atoms with Crippen LogP contribution in [-0.2, 0) is 29.1 Å². The van der Waals surface area contributed by atoms with Crippen molar-refractivity contribution >= 4 is 19.7 Å². The zero-order valence-corrected chi connectivity index (χ0v) is 26.0. The Balaban J connectivity index is 1.08. The maximum atomic E-state index is 12.9. The van der Waals surface area contributed by atoms with Crippen LogP contribution in [-0.4, -0.2) is 68.2 Å². The number of sulfone groups is 2. The third-order valence-electron chi connectivity index (χ3n) is 6.28. The third kappa shape index (κ3) is 9.56. The average molecular weight is 655 g/mol. The van der Waals surface area contributed by atoms with Gasteiger partial charge in [-0.3, -0.25) is 0 Å². The SMILES string of the molecule is C=CCOc1ccc(S(=O)(=O)c2ccc(OCCOCCOCCOc3ccc(S(=O)(=O)c4ccc(O)cc4)cc3)cc2)cc1. The summed E-state index contributed by atoms with van der Waals surface area (Å²) in [5.41, 5.74) is 0. The Morgan fingerprint density at radius 3 is 1.16 bits per heavy atom. The minimum Gasteiger partial charge on any atom is -0.508 e. The molecule has 0 bridgehead atoms. The molecule has 0 radical (unpaired) electrons. The van der Waals surface area contributed by atoms with Gasteiger partial charge >= 0.3 is 0 Å². The zero-order chi connectivity index (χ0) is 32.1. The Hall–Kier alpha value is -4.36. The minimum atomic E-state index is -3.69. The summed E-state index contributed by atoms with van der Waals surface area (Å²) < 4.78 is 78.8. The molecule has 0 aromatic heterocycles. The monoisotopic (exact) mass is 654 g/mol. The van der Waals surface area contributed by atoms with Gasteiger partial charge in [0.05, 0.1) is 46.0 Å². The molecule has 0 unspecified atom stereocenters. The molecule has 0 heterocycles. The van der Waals surface area contributed by atoms with Crippen LogP contribution in [0.4, 0.5) is 0 Å². The average Bonchev–Trinajstić information content (AvgIpc) is 3.05. The predicted octanol–water partition coefficient (Wildman–Crippen LogP) is 5.11. The Bertz CT molecular complexity index is 1720. The van der Waals surface area contributed by atoms with E-state index in [2.05, 4.69) is 6.58 Å². The summed E-state index contributed by atoms with van der Waals surface area (Å²) in [4.78, 5) is 0.532. The van der Waals surface area contributed by atoms with Crippen molar-refractivity contribution in [3.8, 4) is 23.0 Å². The van der Waals surface area contributed by atoms with Crippen molar-refractivity contribution in [1.82, 2.24) is 0 Å². The first kappa shape index (κ1) is 33.5. The number of phenolic OH excluding ortho intramolecular Hbond substituents is 1. The third-order valence-corrected chi connectivity index (χ3v) is 9.85. The lowest BCUT2D eigenvalue weighted by Gasteiger charge is -2.10. The van der Waals surface area contributed by atoms with Gasteiger partial charge in [-0.1, -0.05) is 12.7 Å². The van der Waals surface area contributed by atoms with Crippen LogP contribution >= 0.6 is 0 Å². The normalized spacial score (nSPS) is 11.6. The van der Waals surface area contributed by atoms with Crippen LogP contribution in [0, 0.1) is 0 Å². The van der Waals surface area contributed by atoms with E-state index in [0.717, 1.165) is 0 Å². The smallest absolute Gasteiger partial charge is 0.206 e. The fraction of sp³-hybridized carbons (Fsp3) is 0.212. The molecule has 4 aromatic carbocycles. The highest BCUT2D eigenvalue weighted by Gasteiger charge is 2.18. The van der Waals surface area contributed by atoms with Gasteiger partial charge in [0.25, 0.3) is 0 Å². The van der Waals surface area contributed by atoms with Gasteiger partial charge < -0.3 is 28.8 Å². The summed E-state index contributed by atoms with van der Waals surface area (Å²) >= 11 is 0. The number of aromatic hydroxyl groups is 1. The van der Waals surface area contributed by atoms with Gasteiger partial charge in [0.15, 0.2) is 0 Å². The lowest BCUT2D eigenvalue weighted by molar-refractivity contribution is 0.0273. The topological polar surface area (TPSA) is 135 Å². The minimum absolute atomic E-state index is 0.00813. The van der Waals surface area contributed by atoms with Crippen molar-refractivity contribution in [2.24, 2.45) is 0 Å². The summed E-state index contributed by atoms with van der Waals surface area (Å²) in [6.45, 7) is 5.80. The molecule has 0 aliphatic heterocycles. The van der Waals surface area contributed by atoms with E-state index in [1.807, 2.05) is 0 Å². The van der Waals surface area contributed by atoms with Crippen molar-refractivity contribution in [2.75, 3.05) is 46.2 Å². The molecule has 45 heavy (non-hydrogen) atoms. The Kier molecular flexibility index (Phi) is 12.0. The van der Waals surface area contributed by atoms with E-state index in [9.17, 15) is 21.9 Å². The molecular formula is C33H34O10S2. The van der Waals surface area contributed by atoms with Crippen LogP contribution in [0.3, 0.4) is 0 Å². The van der Waals surface area contributed by atoms with Crippen LogP contribution in [0.5, 0.6) is 23.0 Å². The lowest BCUT2D eigenvalue weighted by Crippen LogP contribution is -2.13. The lowest BCUT2D eigenvalue weighted by atomic mass is 10.3. The molecule has 0 atom stereocenters. The molecule has 0 aliphatic carbocycles. The standard InChI is InChI=1S/C33H34O10S2/c1-2-19-41-27-5-13-32(14-6-27)45(37,38)33-17-9-29(10-18-33)43-25-23-40-21-20-39-22-24-42-28-7-15-31(16-8-28)44(35,36)30-11-3-26(34)4-12-30/h2-18,34H,1,19-25H2. The Labute approximate surface area is 263 Å². The van der Waals surface area contributed by atoms with Gasteiger partial charge in [0.1, 0.15) is 42.8 Å². The number of benzene rings is 4. The maximum Gasteiger partial charge on any atom is 0.206 e. The van der Waals surface area contributed by atoms with Crippen molar-refractivity contribution in [1.29, 1.82) is 0 Å².